The van der Waals surface area contributed by atoms with Gasteiger partial charge in [0.15, 0.2) is 11.6 Å². The largest absolute Gasteiger partial charge is 0.316 e. The molecule has 0 aliphatic heterocycles. The first-order valence-corrected chi connectivity index (χ1v) is 8.28. The molecule has 1 saturated carbocycles. The Morgan fingerprint density at radius 2 is 1.95 bits per heavy atom. The van der Waals surface area contributed by atoms with E-state index in [-0.39, 0.29) is 24.4 Å². The zero-order valence-corrected chi connectivity index (χ0v) is 13.2. The van der Waals surface area contributed by atoms with E-state index in [9.17, 15) is 17.2 Å². The average molecular weight is 318 g/mol. The lowest BCUT2D eigenvalue weighted by Gasteiger charge is -2.11. The summed E-state index contributed by atoms with van der Waals surface area (Å²) in [5.41, 5.74) is 0.490. The Morgan fingerprint density at radius 3 is 2.48 bits per heavy atom. The quantitative estimate of drug-likeness (QED) is 0.843. The Labute approximate surface area is 124 Å². The fourth-order valence-corrected chi connectivity index (χ4v) is 3.55. The second-order valence-corrected chi connectivity index (χ2v) is 7.90. The molecule has 4 nitrogen and oxygen atoms in total. The van der Waals surface area contributed by atoms with Crippen LogP contribution in [0.5, 0.6) is 0 Å². The molecule has 1 unspecified atom stereocenters. The normalized spacial score (nSPS) is 20.5. The molecule has 0 radical (unpaired) electrons. The van der Waals surface area contributed by atoms with Crippen LogP contribution in [0.3, 0.4) is 0 Å². The molecule has 118 valence electrons. The molecule has 7 heteroatoms. The van der Waals surface area contributed by atoms with Gasteiger partial charge in [0.25, 0.3) is 0 Å². The van der Waals surface area contributed by atoms with Gasteiger partial charge in [-0.15, -0.1) is 0 Å². The first-order chi connectivity index (χ1) is 9.67. The number of hydrogen-bond acceptors (Lipinski definition) is 3. The number of halogens is 2. The van der Waals surface area contributed by atoms with Crippen LogP contribution in [0.1, 0.15) is 25.8 Å². The van der Waals surface area contributed by atoms with Crippen LogP contribution in [-0.4, -0.2) is 22.0 Å². The number of benzene rings is 1. The third-order valence-corrected chi connectivity index (χ3v) is 5.39. The second kappa shape index (κ2) is 5.62. The predicted octanol–water partition coefficient (Wildman–Crippen LogP) is 2.01. The van der Waals surface area contributed by atoms with Crippen molar-refractivity contribution in [1.29, 1.82) is 0 Å². The van der Waals surface area contributed by atoms with E-state index in [1.807, 2.05) is 13.8 Å². The van der Waals surface area contributed by atoms with Crippen molar-refractivity contribution in [3.63, 3.8) is 0 Å². The molecule has 0 spiro atoms. The summed E-state index contributed by atoms with van der Waals surface area (Å²) in [5, 5.41) is 2.78. The molecule has 2 N–H and O–H groups in total. The molecule has 1 aliphatic carbocycles. The summed E-state index contributed by atoms with van der Waals surface area (Å²) in [7, 11) is -2.41. The fourth-order valence-electron chi connectivity index (χ4n) is 2.33. The lowest BCUT2D eigenvalue weighted by Crippen LogP contribution is -2.28. The predicted molar refractivity (Wildman–Crippen MR) is 76.2 cm³/mol. The van der Waals surface area contributed by atoms with Gasteiger partial charge in [0.2, 0.25) is 10.0 Å². The van der Waals surface area contributed by atoms with Gasteiger partial charge in [0.1, 0.15) is 4.90 Å². The highest BCUT2D eigenvalue weighted by molar-refractivity contribution is 7.89. The van der Waals surface area contributed by atoms with Crippen LogP contribution in [-0.2, 0) is 16.6 Å². The van der Waals surface area contributed by atoms with Gasteiger partial charge < -0.3 is 5.32 Å². The number of sulfonamides is 1. The third-order valence-electron chi connectivity index (χ3n) is 3.96. The van der Waals surface area contributed by atoms with Crippen molar-refractivity contribution in [1.82, 2.24) is 10.0 Å². The molecule has 1 fully saturated rings. The Kier molecular flexibility index (Phi) is 4.37. The van der Waals surface area contributed by atoms with Crippen molar-refractivity contribution < 1.29 is 17.2 Å². The Hall–Kier alpha value is -1.05. The van der Waals surface area contributed by atoms with Gasteiger partial charge in [-0.05, 0) is 42.5 Å². The molecule has 0 bridgehead atoms. The standard InChI is InChI=1S/C14H20F2N2O2S/c1-14(2)6-10(14)8-18-21(19,20)12-5-9(7-17-3)4-11(15)13(12)16/h4-5,10,17-18H,6-8H2,1-3H3. The van der Waals surface area contributed by atoms with E-state index in [1.54, 1.807) is 7.05 Å². The Bertz CT molecular complexity index is 645. The highest BCUT2D eigenvalue weighted by Crippen LogP contribution is 2.51. The van der Waals surface area contributed by atoms with Crippen molar-refractivity contribution in [2.24, 2.45) is 11.3 Å². The lowest BCUT2D eigenvalue weighted by atomic mass is 10.1. The van der Waals surface area contributed by atoms with E-state index in [1.165, 1.54) is 0 Å². The monoisotopic (exact) mass is 318 g/mol. The molecule has 0 saturated heterocycles. The maximum atomic E-state index is 13.8. The van der Waals surface area contributed by atoms with E-state index in [4.69, 9.17) is 0 Å². The SMILES string of the molecule is CNCc1cc(F)c(F)c(S(=O)(=O)NCC2CC2(C)C)c1. The molecule has 1 aliphatic rings. The summed E-state index contributed by atoms with van der Waals surface area (Å²) in [5.74, 6) is -2.26. The van der Waals surface area contributed by atoms with Gasteiger partial charge in [-0.3, -0.25) is 0 Å². The van der Waals surface area contributed by atoms with Crippen molar-refractivity contribution in [2.45, 2.75) is 31.7 Å². The van der Waals surface area contributed by atoms with Crippen molar-refractivity contribution >= 4 is 10.0 Å². The summed E-state index contributed by atoms with van der Waals surface area (Å²) >= 11 is 0. The number of hydrogen-bond donors (Lipinski definition) is 2. The van der Waals surface area contributed by atoms with Crippen molar-refractivity contribution in [3.05, 3.63) is 29.3 Å². The minimum atomic E-state index is -4.05. The van der Waals surface area contributed by atoms with E-state index in [0.29, 0.717) is 5.56 Å². The summed E-state index contributed by atoms with van der Waals surface area (Å²) in [4.78, 5) is -0.633. The molecule has 1 atom stereocenters. The Balaban J connectivity index is 2.22. The molecule has 0 aromatic heterocycles. The van der Waals surface area contributed by atoms with Crippen LogP contribution >= 0.6 is 0 Å². The van der Waals surface area contributed by atoms with E-state index < -0.39 is 26.6 Å². The topological polar surface area (TPSA) is 58.2 Å². The van der Waals surface area contributed by atoms with Gasteiger partial charge >= 0.3 is 0 Å². The first-order valence-electron chi connectivity index (χ1n) is 6.79. The van der Waals surface area contributed by atoms with Crippen LogP contribution < -0.4 is 10.0 Å². The number of nitrogens with one attached hydrogen (secondary N) is 2. The molecule has 1 aromatic carbocycles. The minimum Gasteiger partial charge on any atom is -0.316 e. The summed E-state index contributed by atoms with van der Waals surface area (Å²) in [6.45, 7) is 4.58. The molecule has 1 aromatic rings. The fraction of sp³-hybridized carbons (Fsp3) is 0.571. The molecule has 0 heterocycles. The van der Waals surface area contributed by atoms with Crippen molar-refractivity contribution in [3.8, 4) is 0 Å². The van der Waals surface area contributed by atoms with Crippen molar-refractivity contribution in [2.75, 3.05) is 13.6 Å². The van der Waals surface area contributed by atoms with E-state index in [0.717, 1.165) is 18.6 Å². The molecular weight excluding hydrogens is 298 g/mol. The smallest absolute Gasteiger partial charge is 0.243 e. The zero-order chi connectivity index (χ0) is 15.8. The maximum absolute atomic E-state index is 13.8. The van der Waals surface area contributed by atoms with Crippen LogP contribution in [0.25, 0.3) is 0 Å². The summed E-state index contributed by atoms with van der Waals surface area (Å²) in [6.07, 6.45) is 0.923. The molecule has 21 heavy (non-hydrogen) atoms. The molecule has 0 amide bonds. The summed E-state index contributed by atoms with van der Waals surface area (Å²) < 4.78 is 54.0. The molecule has 2 rings (SSSR count). The highest BCUT2D eigenvalue weighted by Gasteiger charge is 2.45. The molecular formula is C14H20F2N2O2S. The summed E-state index contributed by atoms with van der Waals surface area (Å²) in [6, 6.07) is 2.16. The Morgan fingerprint density at radius 1 is 1.33 bits per heavy atom. The van der Waals surface area contributed by atoms with Gasteiger partial charge in [-0.2, -0.15) is 0 Å². The van der Waals surface area contributed by atoms with E-state index in [2.05, 4.69) is 10.0 Å². The first kappa shape index (κ1) is 16.3. The van der Waals surface area contributed by atoms with Crippen LogP contribution in [0, 0.1) is 23.0 Å². The van der Waals surface area contributed by atoms with Gasteiger partial charge in [0, 0.05) is 13.1 Å². The van der Waals surface area contributed by atoms with Crippen LogP contribution in [0.2, 0.25) is 0 Å². The lowest BCUT2D eigenvalue weighted by molar-refractivity contribution is 0.479. The second-order valence-electron chi connectivity index (χ2n) is 6.16. The number of rotatable bonds is 6. The van der Waals surface area contributed by atoms with Gasteiger partial charge in [-0.1, -0.05) is 13.8 Å². The highest BCUT2D eigenvalue weighted by atomic mass is 32.2. The van der Waals surface area contributed by atoms with Gasteiger partial charge in [0.05, 0.1) is 0 Å². The van der Waals surface area contributed by atoms with Crippen LogP contribution in [0.15, 0.2) is 17.0 Å². The third kappa shape index (κ3) is 3.59. The average Bonchev–Trinajstić information content (AvgIpc) is 2.99. The van der Waals surface area contributed by atoms with Gasteiger partial charge in [-0.25, -0.2) is 21.9 Å². The zero-order valence-electron chi connectivity index (χ0n) is 12.3. The maximum Gasteiger partial charge on any atom is 0.243 e. The van der Waals surface area contributed by atoms with Crippen LogP contribution in [0.4, 0.5) is 8.78 Å². The minimum absolute atomic E-state index is 0.111. The van der Waals surface area contributed by atoms with E-state index >= 15 is 0 Å².